The first-order chi connectivity index (χ1) is 8.97. The second-order valence-electron chi connectivity index (χ2n) is 4.08. The monoisotopic (exact) mass is 282 g/mol. The summed E-state index contributed by atoms with van der Waals surface area (Å²) in [6, 6.07) is 3.84. The van der Waals surface area contributed by atoms with Crippen LogP contribution >= 0.6 is 11.6 Å². The van der Waals surface area contributed by atoms with Gasteiger partial charge in [-0.1, -0.05) is 17.7 Å². The standard InChI is InChI=1S/C13H15ClN2O3/c1-3-4-5-8-15(2)13(17)11-9-10(16(18)19)6-7-12(11)14/h3,6-7,9H,1,4-5,8H2,2H3. The highest BCUT2D eigenvalue weighted by Crippen LogP contribution is 2.23. The number of allylic oxidation sites excluding steroid dienone is 1. The van der Waals surface area contributed by atoms with Crippen LogP contribution in [0.1, 0.15) is 23.2 Å². The van der Waals surface area contributed by atoms with Crippen LogP contribution in [0.2, 0.25) is 5.02 Å². The molecule has 0 unspecified atom stereocenters. The highest BCUT2D eigenvalue weighted by molar-refractivity contribution is 6.33. The minimum Gasteiger partial charge on any atom is -0.342 e. The third kappa shape index (κ3) is 4.06. The fourth-order valence-electron chi connectivity index (χ4n) is 1.57. The number of rotatable bonds is 6. The minimum absolute atomic E-state index is 0.146. The molecule has 1 amide bonds. The fraction of sp³-hybridized carbons (Fsp3) is 0.308. The van der Waals surface area contributed by atoms with Crippen LogP contribution in [0, 0.1) is 10.1 Å². The summed E-state index contributed by atoms with van der Waals surface area (Å²) in [5.41, 5.74) is 0.00390. The smallest absolute Gasteiger partial charge is 0.270 e. The van der Waals surface area contributed by atoms with Crippen molar-refractivity contribution in [2.45, 2.75) is 12.8 Å². The summed E-state index contributed by atoms with van der Waals surface area (Å²) in [5, 5.41) is 10.9. The van der Waals surface area contributed by atoms with Gasteiger partial charge in [0.15, 0.2) is 0 Å². The molecule has 19 heavy (non-hydrogen) atoms. The van der Waals surface area contributed by atoms with Gasteiger partial charge in [-0.15, -0.1) is 6.58 Å². The maximum atomic E-state index is 12.1. The number of nitrogens with zero attached hydrogens (tertiary/aromatic N) is 2. The van der Waals surface area contributed by atoms with Gasteiger partial charge in [0.25, 0.3) is 11.6 Å². The Morgan fingerprint density at radius 2 is 2.26 bits per heavy atom. The number of benzene rings is 1. The van der Waals surface area contributed by atoms with Crippen molar-refractivity contribution >= 4 is 23.2 Å². The summed E-state index contributed by atoms with van der Waals surface area (Å²) in [6.07, 6.45) is 3.37. The number of hydrogen-bond donors (Lipinski definition) is 0. The highest BCUT2D eigenvalue weighted by atomic mass is 35.5. The summed E-state index contributed by atoms with van der Waals surface area (Å²) in [5.74, 6) is -0.322. The predicted octanol–water partition coefficient (Wildman–Crippen LogP) is 3.29. The number of carbonyl (C=O) groups excluding carboxylic acids is 1. The SMILES string of the molecule is C=CCCCN(C)C(=O)c1cc([N+](=O)[O-])ccc1Cl. The van der Waals surface area contributed by atoms with E-state index in [-0.39, 0.29) is 22.2 Å². The summed E-state index contributed by atoms with van der Waals surface area (Å²) >= 11 is 5.91. The van der Waals surface area contributed by atoms with Crippen molar-refractivity contribution in [1.29, 1.82) is 0 Å². The molecule has 0 aliphatic carbocycles. The molecule has 1 aromatic carbocycles. The van der Waals surface area contributed by atoms with Gasteiger partial charge < -0.3 is 4.90 Å². The maximum absolute atomic E-state index is 12.1. The average molecular weight is 283 g/mol. The van der Waals surface area contributed by atoms with E-state index in [1.165, 1.54) is 23.1 Å². The summed E-state index contributed by atoms with van der Waals surface area (Å²) in [7, 11) is 1.64. The van der Waals surface area contributed by atoms with E-state index in [0.717, 1.165) is 12.8 Å². The largest absolute Gasteiger partial charge is 0.342 e. The Hall–Kier alpha value is -1.88. The molecule has 0 spiro atoms. The molecule has 5 nitrogen and oxygen atoms in total. The van der Waals surface area contributed by atoms with Crippen molar-refractivity contribution in [3.8, 4) is 0 Å². The first-order valence-electron chi connectivity index (χ1n) is 5.77. The third-order valence-corrected chi connectivity index (χ3v) is 2.97. The van der Waals surface area contributed by atoms with Gasteiger partial charge in [-0.05, 0) is 18.9 Å². The van der Waals surface area contributed by atoms with Crippen LogP contribution in [-0.4, -0.2) is 29.3 Å². The van der Waals surface area contributed by atoms with E-state index in [1.54, 1.807) is 13.1 Å². The van der Waals surface area contributed by atoms with Gasteiger partial charge in [-0.2, -0.15) is 0 Å². The number of hydrogen-bond acceptors (Lipinski definition) is 3. The first-order valence-corrected chi connectivity index (χ1v) is 6.15. The van der Waals surface area contributed by atoms with E-state index in [4.69, 9.17) is 11.6 Å². The molecule has 0 aliphatic heterocycles. The zero-order valence-electron chi connectivity index (χ0n) is 10.6. The number of nitro benzene ring substituents is 1. The Balaban J connectivity index is 2.88. The Labute approximate surface area is 116 Å². The quantitative estimate of drug-likeness (QED) is 0.348. The van der Waals surface area contributed by atoms with Crippen molar-refractivity contribution in [3.05, 3.63) is 51.6 Å². The van der Waals surface area contributed by atoms with Crippen LogP contribution in [0.15, 0.2) is 30.9 Å². The zero-order chi connectivity index (χ0) is 14.4. The number of non-ortho nitro benzene ring substituents is 1. The molecule has 0 aliphatic rings. The lowest BCUT2D eigenvalue weighted by molar-refractivity contribution is -0.384. The van der Waals surface area contributed by atoms with Gasteiger partial charge in [0.2, 0.25) is 0 Å². The Morgan fingerprint density at radius 3 is 2.84 bits per heavy atom. The third-order valence-electron chi connectivity index (χ3n) is 2.64. The second kappa shape index (κ2) is 6.89. The molecule has 0 saturated heterocycles. The minimum atomic E-state index is -0.551. The molecular weight excluding hydrogens is 268 g/mol. The average Bonchev–Trinajstić information content (AvgIpc) is 2.38. The molecule has 1 aromatic rings. The van der Waals surface area contributed by atoms with Crippen LogP contribution in [0.25, 0.3) is 0 Å². The van der Waals surface area contributed by atoms with Gasteiger partial charge >= 0.3 is 0 Å². The highest BCUT2D eigenvalue weighted by Gasteiger charge is 2.18. The molecule has 0 heterocycles. The summed E-state index contributed by atoms with van der Waals surface area (Å²) in [4.78, 5) is 23.8. The fourth-order valence-corrected chi connectivity index (χ4v) is 1.77. The Morgan fingerprint density at radius 1 is 1.58 bits per heavy atom. The molecule has 1 rings (SSSR count). The Bertz CT molecular complexity index is 503. The van der Waals surface area contributed by atoms with Gasteiger partial charge in [-0.3, -0.25) is 14.9 Å². The zero-order valence-corrected chi connectivity index (χ0v) is 11.4. The summed E-state index contributed by atoms with van der Waals surface area (Å²) in [6.45, 7) is 4.15. The number of halogens is 1. The second-order valence-corrected chi connectivity index (χ2v) is 4.49. The van der Waals surface area contributed by atoms with Gasteiger partial charge in [0, 0.05) is 25.7 Å². The van der Waals surface area contributed by atoms with Gasteiger partial charge in [0.1, 0.15) is 0 Å². The number of carbonyl (C=O) groups is 1. The van der Waals surface area contributed by atoms with Crippen molar-refractivity contribution in [1.82, 2.24) is 4.90 Å². The Kier molecular flexibility index (Phi) is 5.51. The van der Waals surface area contributed by atoms with Gasteiger partial charge in [-0.25, -0.2) is 0 Å². The van der Waals surface area contributed by atoms with Crippen molar-refractivity contribution < 1.29 is 9.72 Å². The van der Waals surface area contributed by atoms with Crippen molar-refractivity contribution in [3.63, 3.8) is 0 Å². The van der Waals surface area contributed by atoms with E-state index < -0.39 is 4.92 Å². The predicted molar refractivity (Wildman–Crippen MR) is 74.5 cm³/mol. The van der Waals surface area contributed by atoms with Crippen molar-refractivity contribution in [2.24, 2.45) is 0 Å². The normalized spacial score (nSPS) is 10.0. The van der Waals surface area contributed by atoms with Crippen LogP contribution in [0.4, 0.5) is 5.69 Å². The van der Waals surface area contributed by atoms with Gasteiger partial charge in [0.05, 0.1) is 15.5 Å². The van der Waals surface area contributed by atoms with Crippen LogP contribution < -0.4 is 0 Å². The molecule has 0 radical (unpaired) electrons. The molecule has 0 bridgehead atoms. The molecule has 0 fully saturated rings. The van der Waals surface area contributed by atoms with Crippen molar-refractivity contribution in [2.75, 3.05) is 13.6 Å². The first kappa shape index (κ1) is 15.2. The molecular formula is C13H15ClN2O3. The van der Waals surface area contributed by atoms with E-state index in [2.05, 4.69) is 6.58 Å². The van der Waals surface area contributed by atoms with E-state index >= 15 is 0 Å². The maximum Gasteiger partial charge on any atom is 0.270 e. The molecule has 6 heteroatoms. The summed E-state index contributed by atoms with van der Waals surface area (Å²) < 4.78 is 0. The number of amides is 1. The molecule has 0 atom stereocenters. The topological polar surface area (TPSA) is 63.5 Å². The molecule has 102 valence electrons. The molecule has 0 saturated carbocycles. The lowest BCUT2D eigenvalue weighted by atomic mass is 10.1. The van der Waals surface area contributed by atoms with Crippen LogP contribution in [0.5, 0.6) is 0 Å². The van der Waals surface area contributed by atoms with E-state index in [9.17, 15) is 14.9 Å². The van der Waals surface area contributed by atoms with Crippen LogP contribution in [0.3, 0.4) is 0 Å². The lowest BCUT2D eigenvalue weighted by Gasteiger charge is -2.17. The van der Waals surface area contributed by atoms with E-state index in [0.29, 0.717) is 6.54 Å². The van der Waals surface area contributed by atoms with E-state index in [1.807, 2.05) is 0 Å². The number of unbranched alkanes of at least 4 members (excludes halogenated alkanes) is 1. The molecule has 0 N–H and O–H groups in total. The molecule has 0 aromatic heterocycles. The number of nitro groups is 1. The lowest BCUT2D eigenvalue weighted by Crippen LogP contribution is -2.28. The van der Waals surface area contributed by atoms with Crippen LogP contribution in [-0.2, 0) is 0 Å².